The third kappa shape index (κ3) is 11.2. The van der Waals surface area contributed by atoms with E-state index in [9.17, 15) is 14.4 Å². The minimum atomic E-state index is -0.788. The summed E-state index contributed by atoms with van der Waals surface area (Å²) in [7, 11) is 0. The van der Waals surface area contributed by atoms with Gasteiger partial charge in [-0.05, 0) is 70.1 Å². The average Bonchev–Trinajstić information content (AvgIpc) is 2.80. The van der Waals surface area contributed by atoms with Gasteiger partial charge in [0, 0.05) is 13.1 Å². The number of hydrogen-bond donors (Lipinski definition) is 2. The minimum absolute atomic E-state index is 0.191. The van der Waals surface area contributed by atoms with Crippen molar-refractivity contribution in [1.82, 2.24) is 15.5 Å². The molecule has 0 bridgehead atoms. The number of alkyl carbamates (subject to hydrolysis) is 1. The van der Waals surface area contributed by atoms with E-state index in [4.69, 9.17) is 4.74 Å². The second kappa shape index (κ2) is 16.5. The number of rotatable bonds is 15. The number of unbranched alkanes of at least 4 members (excludes halogenated alkanes) is 3. The fourth-order valence-electron chi connectivity index (χ4n) is 3.87. The maximum Gasteiger partial charge on any atom is 0.408 e. The Balaban J connectivity index is 3.42. The van der Waals surface area contributed by atoms with Crippen molar-refractivity contribution in [1.29, 1.82) is 0 Å². The molecule has 0 aliphatic carbocycles. The van der Waals surface area contributed by atoms with Crippen molar-refractivity contribution < 1.29 is 19.1 Å². The van der Waals surface area contributed by atoms with Gasteiger partial charge in [-0.3, -0.25) is 9.59 Å². The van der Waals surface area contributed by atoms with Crippen LogP contribution >= 0.6 is 11.8 Å². The molecule has 1 aromatic rings. The number of carbonyl (C=O) groups is 3. The Labute approximate surface area is 222 Å². The second-order valence-corrected chi connectivity index (χ2v) is 11.1. The molecule has 0 fully saturated rings. The minimum Gasteiger partial charge on any atom is -0.444 e. The van der Waals surface area contributed by atoms with Gasteiger partial charge in [0.05, 0.1) is 0 Å². The molecule has 0 aliphatic rings. The number of nitrogens with zero attached hydrogens (tertiary/aromatic N) is 1. The molecule has 0 aliphatic heterocycles. The highest BCUT2D eigenvalue weighted by molar-refractivity contribution is 7.98. The van der Waals surface area contributed by atoms with Crippen LogP contribution in [0.25, 0.3) is 0 Å². The van der Waals surface area contributed by atoms with Crippen LogP contribution in [-0.2, 0) is 14.3 Å². The topological polar surface area (TPSA) is 87.7 Å². The Kier molecular flexibility index (Phi) is 14.6. The normalized spacial score (nSPS) is 13.0. The van der Waals surface area contributed by atoms with Gasteiger partial charge in [0.25, 0.3) is 0 Å². The lowest BCUT2D eigenvalue weighted by Crippen LogP contribution is -2.53. The van der Waals surface area contributed by atoms with E-state index in [0.717, 1.165) is 43.2 Å². The second-order valence-electron chi connectivity index (χ2n) is 10.1. The summed E-state index contributed by atoms with van der Waals surface area (Å²) in [5.74, 6) is 0.237. The van der Waals surface area contributed by atoms with Gasteiger partial charge in [0.1, 0.15) is 17.7 Å². The quantitative estimate of drug-likeness (QED) is 0.293. The van der Waals surface area contributed by atoms with Crippen LogP contribution in [0.3, 0.4) is 0 Å². The summed E-state index contributed by atoms with van der Waals surface area (Å²) < 4.78 is 5.45. The van der Waals surface area contributed by atoms with Gasteiger partial charge in [0.15, 0.2) is 0 Å². The van der Waals surface area contributed by atoms with Crippen LogP contribution < -0.4 is 10.6 Å². The molecule has 0 saturated carbocycles. The van der Waals surface area contributed by atoms with Crippen molar-refractivity contribution in [2.75, 3.05) is 25.1 Å². The Morgan fingerprint density at radius 3 is 2.31 bits per heavy atom. The third-order valence-corrected chi connectivity index (χ3v) is 6.40. The van der Waals surface area contributed by atoms with Crippen LogP contribution in [0, 0.1) is 6.92 Å². The first kappa shape index (κ1) is 31.8. The summed E-state index contributed by atoms with van der Waals surface area (Å²) in [6.07, 6.45) is 6.32. The Bertz CT molecular complexity index is 825. The molecule has 2 atom stereocenters. The Hall–Kier alpha value is -2.22. The Morgan fingerprint density at radius 2 is 1.72 bits per heavy atom. The summed E-state index contributed by atoms with van der Waals surface area (Å²) in [5, 5.41) is 5.83. The molecule has 0 spiro atoms. The number of hydrogen-bond acceptors (Lipinski definition) is 5. The van der Waals surface area contributed by atoms with Crippen molar-refractivity contribution in [2.45, 2.75) is 97.8 Å². The highest BCUT2D eigenvalue weighted by Crippen LogP contribution is 2.27. The van der Waals surface area contributed by atoms with Crippen molar-refractivity contribution in [3.63, 3.8) is 0 Å². The highest BCUT2D eigenvalue weighted by Gasteiger charge is 2.36. The largest absolute Gasteiger partial charge is 0.444 e. The van der Waals surface area contributed by atoms with Gasteiger partial charge in [-0.2, -0.15) is 11.8 Å². The zero-order chi connectivity index (χ0) is 27.1. The van der Waals surface area contributed by atoms with Crippen LogP contribution in [0.1, 0.15) is 90.3 Å². The van der Waals surface area contributed by atoms with Crippen molar-refractivity contribution in [2.24, 2.45) is 0 Å². The molecule has 1 aromatic carbocycles. The SMILES string of the molecule is CCCCCN(C(=O)C(CCSC)NC(=O)OC(C)(C)C)C(C(=O)NCCCC)c1ccccc1C. The fourth-order valence-corrected chi connectivity index (χ4v) is 4.34. The molecular weight excluding hydrogens is 474 g/mol. The molecule has 36 heavy (non-hydrogen) atoms. The molecule has 3 amide bonds. The van der Waals surface area contributed by atoms with Crippen LogP contribution in [0.4, 0.5) is 4.79 Å². The summed E-state index contributed by atoms with van der Waals surface area (Å²) in [5.41, 5.74) is 1.07. The predicted octanol–water partition coefficient (Wildman–Crippen LogP) is 5.62. The van der Waals surface area contributed by atoms with Crippen molar-refractivity contribution in [3.8, 4) is 0 Å². The zero-order valence-corrected chi connectivity index (χ0v) is 24.1. The molecule has 0 radical (unpaired) electrons. The summed E-state index contributed by atoms with van der Waals surface area (Å²) in [4.78, 5) is 41.9. The van der Waals surface area contributed by atoms with Crippen LogP contribution in [0.5, 0.6) is 0 Å². The van der Waals surface area contributed by atoms with Crippen molar-refractivity contribution >= 4 is 29.7 Å². The lowest BCUT2D eigenvalue weighted by Gasteiger charge is -2.35. The molecule has 2 N–H and O–H groups in total. The van der Waals surface area contributed by atoms with Gasteiger partial charge in [0.2, 0.25) is 11.8 Å². The lowest BCUT2D eigenvalue weighted by atomic mass is 9.97. The summed E-state index contributed by atoms with van der Waals surface area (Å²) in [6.45, 7) is 12.5. The van der Waals surface area contributed by atoms with E-state index in [-0.39, 0.29) is 11.8 Å². The van der Waals surface area contributed by atoms with Gasteiger partial charge in [-0.1, -0.05) is 57.4 Å². The van der Waals surface area contributed by atoms with Crippen LogP contribution in [-0.4, -0.2) is 59.5 Å². The van der Waals surface area contributed by atoms with E-state index in [2.05, 4.69) is 24.5 Å². The first-order chi connectivity index (χ1) is 17.1. The van der Waals surface area contributed by atoms with E-state index in [1.807, 2.05) is 37.4 Å². The Morgan fingerprint density at radius 1 is 1.06 bits per heavy atom. The number of ether oxygens (including phenoxy) is 1. The molecule has 8 heteroatoms. The van der Waals surface area contributed by atoms with Gasteiger partial charge in [-0.25, -0.2) is 4.79 Å². The van der Waals surface area contributed by atoms with E-state index < -0.39 is 23.8 Å². The van der Waals surface area contributed by atoms with E-state index in [0.29, 0.717) is 25.3 Å². The first-order valence-electron chi connectivity index (χ1n) is 13.2. The van der Waals surface area contributed by atoms with Crippen LogP contribution in [0.15, 0.2) is 24.3 Å². The zero-order valence-electron chi connectivity index (χ0n) is 23.3. The smallest absolute Gasteiger partial charge is 0.408 e. The number of aryl methyl sites for hydroxylation is 1. The highest BCUT2D eigenvalue weighted by atomic mass is 32.2. The van der Waals surface area contributed by atoms with E-state index in [1.165, 1.54) is 0 Å². The molecule has 204 valence electrons. The monoisotopic (exact) mass is 521 g/mol. The standard InChI is InChI=1S/C28H47N3O4S/c1-8-10-14-19-31(26(33)23(17-20-36-7)30-27(34)35-28(4,5)6)24(25(32)29-18-11-9-2)22-16-13-12-15-21(22)3/h12-13,15-16,23-24H,8-11,14,17-20H2,1-7H3,(H,29,32)(H,30,34). The first-order valence-corrected chi connectivity index (χ1v) is 14.6. The molecule has 1 rings (SSSR count). The molecule has 2 unspecified atom stereocenters. The fraction of sp³-hybridized carbons (Fsp3) is 0.679. The predicted molar refractivity (Wildman–Crippen MR) is 149 cm³/mol. The average molecular weight is 522 g/mol. The maximum absolute atomic E-state index is 14.1. The third-order valence-electron chi connectivity index (χ3n) is 5.76. The van der Waals surface area contributed by atoms with E-state index in [1.54, 1.807) is 37.4 Å². The lowest BCUT2D eigenvalue weighted by molar-refractivity contribution is -0.142. The molecule has 0 saturated heterocycles. The number of benzene rings is 1. The van der Waals surface area contributed by atoms with Gasteiger partial charge >= 0.3 is 6.09 Å². The summed E-state index contributed by atoms with van der Waals surface area (Å²) in [6, 6.07) is 6.14. The van der Waals surface area contributed by atoms with Gasteiger partial charge in [-0.15, -0.1) is 0 Å². The number of nitrogens with one attached hydrogen (secondary N) is 2. The van der Waals surface area contributed by atoms with Gasteiger partial charge < -0.3 is 20.3 Å². The molecule has 7 nitrogen and oxygen atoms in total. The number of amides is 3. The van der Waals surface area contributed by atoms with Crippen LogP contribution in [0.2, 0.25) is 0 Å². The molecule has 0 heterocycles. The summed E-state index contributed by atoms with van der Waals surface area (Å²) >= 11 is 1.61. The van der Waals surface area contributed by atoms with E-state index >= 15 is 0 Å². The molecule has 0 aromatic heterocycles. The maximum atomic E-state index is 14.1. The molecular formula is C28H47N3O4S. The number of thioether (sulfide) groups is 1. The van der Waals surface area contributed by atoms with Crippen molar-refractivity contribution in [3.05, 3.63) is 35.4 Å². The number of carbonyl (C=O) groups excluding carboxylic acids is 3.